The van der Waals surface area contributed by atoms with Crippen LogP contribution in [0.25, 0.3) is 0 Å². The van der Waals surface area contributed by atoms with Gasteiger partial charge in [-0.25, -0.2) is 9.18 Å². The van der Waals surface area contributed by atoms with Crippen molar-refractivity contribution in [3.05, 3.63) is 57.6 Å². The Labute approximate surface area is 132 Å². The van der Waals surface area contributed by atoms with Crippen LogP contribution in [0.2, 0.25) is 0 Å². The molecule has 1 heterocycles. The highest BCUT2D eigenvalue weighted by Crippen LogP contribution is 2.41. The van der Waals surface area contributed by atoms with Crippen LogP contribution in [0.5, 0.6) is 0 Å². The number of halogens is 1. The number of carbonyl (C=O) groups is 1. The van der Waals surface area contributed by atoms with Crippen molar-refractivity contribution in [2.24, 2.45) is 7.05 Å². The molecule has 0 bridgehead atoms. The fourth-order valence-electron chi connectivity index (χ4n) is 2.49. The first-order chi connectivity index (χ1) is 11.0. The van der Waals surface area contributed by atoms with E-state index in [0.717, 1.165) is 18.4 Å². The lowest BCUT2D eigenvalue weighted by Crippen LogP contribution is -2.22. The number of benzene rings is 1. The molecular weight excluding hydrogens is 299 g/mol. The van der Waals surface area contributed by atoms with Crippen molar-refractivity contribution in [3.63, 3.8) is 0 Å². The van der Waals surface area contributed by atoms with Gasteiger partial charge in [-0.05, 0) is 42.5 Å². The number of nitrogens with one attached hydrogen (secondary N) is 1. The Kier molecular flexibility index (Phi) is 3.90. The van der Waals surface area contributed by atoms with Crippen LogP contribution in [0.15, 0.2) is 35.1 Å². The molecule has 1 aromatic carbocycles. The quantitative estimate of drug-likeness (QED) is 0.881. The Hall–Kier alpha value is -2.63. The highest BCUT2D eigenvalue weighted by molar-refractivity contribution is 5.95. The monoisotopic (exact) mass is 316 g/mol. The Morgan fingerprint density at radius 1 is 1.30 bits per heavy atom. The summed E-state index contributed by atoms with van der Waals surface area (Å²) in [6.07, 6.45) is 2.18. The van der Waals surface area contributed by atoms with Gasteiger partial charge in [0.1, 0.15) is 17.2 Å². The number of carbonyl (C=O) groups excluding carboxylic acids is 1. The number of rotatable bonds is 4. The smallest absolute Gasteiger partial charge is 0.341 e. The molecule has 5 nitrogen and oxygen atoms in total. The van der Waals surface area contributed by atoms with E-state index in [9.17, 15) is 14.0 Å². The molecule has 0 radical (unpaired) electrons. The van der Waals surface area contributed by atoms with Gasteiger partial charge in [0, 0.05) is 13.1 Å². The average molecular weight is 316 g/mol. The van der Waals surface area contributed by atoms with Crippen LogP contribution in [-0.4, -0.2) is 17.6 Å². The maximum absolute atomic E-state index is 14.3. The molecule has 0 saturated heterocycles. The SMILES string of the molecule is COC(=O)c1ccc(=O)n(C)c1Nc1ccc(C2CC2)cc1F. The molecule has 2 aromatic rings. The predicted octanol–water partition coefficient (Wildman–Crippen LogP) is 2.93. The lowest BCUT2D eigenvalue weighted by Gasteiger charge is -2.15. The molecule has 3 rings (SSSR count). The summed E-state index contributed by atoms with van der Waals surface area (Å²) in [5, 5.41) is 2.84. The molecule has 0 aliphatic heterocycles. The van der Waals surface area contributed by atoms with Crippen LogP contribution in [0.1, 0.15) is 34.7 Å². The molecule has 1 aromatic heterocycles. The van der Waals surface area contributed by atoms with Gasteiger partial charge in [0.25, 0.3) is 5.56 Å². The number of esters is 1. The number of anilines is 2. The van der Waals surface area contributed by atoms with E-state index in [2.05, 4.69) is 5.32 Å². The fraction of sp³-hybridized carbons (Fsp3) is 0.294. The van der Waals surface area contributed by atoms with Crippen LogP contribution in [-0.2, 0) is 11.8 Å². The summed E-state index contributed by atoms with van der Waals surface area (Å²) < 4.78 is 20.3. The van der Waals surface area contributed by atoms with Crippen molar-refractivity contribution in [2.45, 2.75) is 18.8 Å². The summed E-state index contributed by atoms with van der Waals surface area (Å²) in [7, 11) is 2.76. The second-order valence-electron chi connectivity index (χ2n) is 5.62. The minimum absolute atomic E-state index is 0.167. The maximum Gasteiger partial charge on any atom is 0.341 e. The average Bonchev–Trinajstić information content (AvgIpc) is 3.37. The number of ether oxygens (including phenoxy) is 1. The van der Waals surface area contributed by atoms with E-state index in [1.807, 2.05) is 6.07 Å². The van der Waals surface area contributed by atoms with Crippen molar-refractivity contribution < 1.29 is 13.9 Å². The van der Waals surface area contributed by atoms with E-state index in [-0.39, 0.29) is 22.6 Å². The van der Waals surface area contributed by atoms with Crippen molar-refractivity contribution >= 4 is 17.5 Å². The van der Waals surface area contributed by atoms with Crippen LogP contribution in [0.4, 0.5) is 15.9 Å². The number of hydrogen-bond acceptors (Lipinski definition) is 4. The molecule has 1 fully saturated rings. The molecule has 1 saturated carbocycles. The lowest BCUT2D eigenvalue weighted by atomic mass is 10.1. The van der Waals surface area contributed by atoms with E-state index in [4.69, 9.17) is 4.74 Å². The number of nitrogens with zero attached hydrogens (tertiary/aromatic N) is 1. The Morgan fingerprint density at radius 3 is 2.65 bits per heavy atom. The number of pyridine rings is 1. The second kappa shape index (κ2) is 5.87. The van der Waals surface area contributed by atoms with E-state index < -0.39 is 11.8 Å². The van der Waals surface area contributed by atoms with Gasteiger partial charge in [-0.2, -0.15) is 0 Å². The van der Waals surface area contributed by atoms with Crippen LogP contribution < -0.4 is 10.9 Å². The van der Waals surface area contributed by atoms with Gasteiger partial charge in [0.15, 0.2) is 0 Å². The summed E-state index contributed by atoms with van der Waals surface area (Å²) >= 11 is 0. The second-order valence-corrected chi connectivity index (χ2v) is 5.62. The molecule has 0 atom stereocenters. The van der Waals surface area contributed by atoms with E-state index >= 15 is 0 Å². The molecule has 120 valence electrons. The zero-order valence-electron chi connectivity index (χ0n) is 12.9. The van der Waals surface area contributed by atoms with Gasteiger partial charge in [-0.1, -0.05) is 6.07 Å². The largest absolute Gasteiger partial charge is 0.465 e. The van der Waals surface area contributed by atoms with E-state index in [1.54, 1.807) is 6.07 Å². The topological polar surface area (TPSA) is 60.3 Å². The van der Waals surface area contributed by atoms with Crippen LogP contribution in [0.3, 0.4) is 0 Å². The Morgan fingerprint density at radius 2 is 2.04 bits per heavy atom. The normalized spacial score (nSPS) is 13.7. The molecule has 0 unspecified atom stereocenters. The third kappa shape index (κ3) is 2.97. The molecule has 6 heteroatoms. The Bertz CT molecular complexity index is 825. The number of hydrogen-bond donors (Lipinski definition) is 1. The molecule has 23 heavy (non-hydrogen) atoms. The maximum atomic E-state index is 14.3. The molecule has 1 N–H and O–H groups in total. The van der Waals surface area contributed by atoms with E-state index in [0.29, 0.717) is 5.92 Å². The van der Waals surface area contributed by atoms with Crippen molar-refractivity contribution in [1.29, 1.82) is 0 Å². The lowest BCUT2D eigenvalue weighted by molar-refractivity contribution is 0.0601. The van der Waals surface area contributed by atoms with Gasteiger partial charge in [0.05, 0.1) is 12.8 Å². The van der Waals surface area contributed by atoms with Gasteiger partial charge < -0.3 is 10.1 Å². The standard InChI is InChI=1S/C17H17FN2O3/c1-20-15(21)8-6-12(17(22)23-2)16(20)19-14-7-5-11(9-13(14)18)10-3-4-10/h5-10,19H,3-4H2,1-2H3. The molecule has 0 amide bonds. The number of methoxy groups -OCH3 is 1. The highest BCUT2D eigenvalue weighted by Gasteiger charge is 2.24. The summed E-state index contributed by atoms with van der Waals surface area (Å²) in [4.78, 5) is 23.7. The molecule has 0 spiro atoms. The summed E-state index contributed by atoms with van der Waals surface area (Å²) in [6, 6.07) is 7.62. The van der Waals surface area contributed by atoms with Crippen molar-refractivity contribution in [2.75, 3.05) is 12.4 Å². The zero-order chi connectivity index (χ0) is 16.6. The predicted molar refractivity (Wildman–Crippen MR) is 84.7 cm³/mol. The van der Waals surface area contributed by atoms with E-state index in [1.165, 1.54) is 36.9 Å². The summed E-state index contributed by atoms with van der Waals surface area (Å²) in [5.41, 5.74) is 1.04. The highest BCUT2D eigenvalue weighted by atomic mass is 19.1. The first-order valence-electron chi connectivity index (χ1n) is 7.36. The fourth-order valence-corrected chi connectivity index (χ4v) is 2.49. The first kappa shape index (κ1) is 15.3. The summed E-state index contributed by atoms with van der Waals surface area (Å²) in [5.74, 6) is -0.368. The minimum Gasteiger partial charge on any atom is -0.465 e. The third-order valence-electron chi connectivity index (χ3n) is 4.01. The van der Waals surface area contributed by atoms with Gasteiger partial charge >= 0.3 is 5.97 Å². The van der Waals surface area contributed by atoms with Crippen molar-refractivity contribution in [3.8, 4) is 0 Å². The van der Waals surface area contributed by atoms with Gasteiger partial charge in [-0.3, -0.25) is 9.36 Å². The Balaban J connectivity index is 2.00. The zero-order valence-corrected chi connectivity index (χ0v) is 12.9. The minimum atomic E-state index is -0.599. The first-order valence-corrected chi connectivity index (χ1v) is 7.36. The molecule has 1 aliphatic rings. The number of aromatic nitrogens is 1. The molecular formula is C17H17FN2O3. The van der Waals surface area contributed by atoms with Gasteiger partial charge in [-0.15, -0.1) is 0 Å². The van der Waals surface area contributed by atoms with Crippen molar-refractivity contribution in [1.82, 2.24) is 4.57 Å². The molecule has 1 aliphatic carbocycles. The summed E-state index contributed by atoms with van der Waals surface area (Å²) in [6.45, 7) is 0. The van der Waals surface area contributed by atoms with Crippen LogP contribution in [0, 0.1) is 5.82 Å². The van der Waals surface area contributed by atoms with Crippen LogP contribution >= 0.6 is 0 Å². The third-order valence-corrected chi connectivity index (χ3v) is 4.01. The van der Waals surface area contributed by atoms with Gasteiger partial charge in [0.2, 0.25) is 0 Å².